The van der Waals surface area contributed by atoms with Crippen molar-refractivity contribution in [3.8, 4) is 0 Å². The van der Waals surface area contributed by atoms with Gasteiger partial charge in [-0.3, -0.25) is 0 Å². The Bertz CT molecular complexity index is 282. The predicted octanol–water partition coefficient (Wildman–Crippen LogP) is 1.96. The van der Waals surface area contributed by atoms with E-state index in [9.17, 15) is 5.11 Å². The third-order valence-corrected chi connectivity index (χ3v) is 5.81. The van der Waals surface area contributed by atoms with Gasteiger partial charge >= 0.3 is 0 Å². The lowest BCUT2D eigenvalue weighted by Crippen LogP contribution is -2.51. The van der Waals surface area contributed by atoms with E-state index in [1.165, 1.54) is 12.8 Å². The standard InChI is InChI=1S/C12H20O2/c1-10(2)8-4-5-11(10,3)12(13,6-8)9-7-14-9/h8-9,13H,4-7H2,1-3H3/t8-,9-,11-,12+/m1/s1. The highest BCUT2D eigenvalue weighted by atomic mass is 16.6. The monoisotopic (exact) mass is 196 g/mol. The van der Waals surface area contributed by atoms with E-state index in [0.717, 1.165) is 13.0 Å². The van der Waals surface area contributed by atoms with Crippen molar-refractivity contribution in [3.05, 3.63) is 0 Å². The molecule has 3 aliphatic rings. The second-order valence-electron chi connectivity index (χ2n) is 6.24. The van der Waals surface area contributed by atoms with Gasteiger partial charge in [0.1, 0.15) is 6.10 Å². The summed E-state index contributed by atoms with van der Waals surface area (Å²) in [6.45, 7) is 7.69. The first-order valence-corrected chi connectivity index (χ1v) is 5.76. The summed E-state index contributed by atoms with van der Waals surface area (Å²) in [6.07, 6.45) is 3.55. The Labute approximate surface area is 85.6 Å². The van der Waals surface area contributed by atoms with Gasteiger partial charge in [0.2, 0.25) is 0 Å². The van der Waals surface area contributed by atoms with Crippen LogP contribution in [0.2, 0.25) is 0 Å². The number of ether oxygens (including phenoxy) is 1. The highest BCUT2D eigenvalue weighted by molar-refractivity contribution is 5.21. The van der Waals surface area contributed by atoms with Crippen molar-refractivity contribution in [2.45, 2.75) is 51.7 Å². The largest absolute Gasteiger partial charge is 0.386 e. The fourth-order valence-corrected chi connectivity index (χ4v) is 4.14. The zero-order valence-electron chi connectivity index (χ0n) is 9.34. The zero-order chi connectivity index (χ0) is 10.2. The van der Waals surface area contributed by atoms with Crippen molar-refractivity contribution in [1.29, 1.82) is 0 Å². The van der Waals surface area contributed by atoms with E-state index in [2.05, 4.69) is 20.8 Å². The van der Waals surface area contributed by atoms with Crippen LogP contribution in [0.4, 0.5) is 0 Å². The van der Waals surface area contributed by atoms with Gasteiger partial charge in [0, 0.05) is 5.41 Å². The molecule has 1 aliphatic heterocycles. The molecule has 0 radical (unpaired) electrons. The highest BCUT2D eigenvalue weighted by Gasteiger charge is 2.72. The fourth-order valence-electron chi connectivity index (χ4n) is 4.14. The van der Waals surface area contributed by atoms with E-state index < -0.39 is 5.60 Å². The second-order valence-corrected chi connectivity index (χ2v) is 6.24. The lowest BCUT2D eigenvalue weighted by atomic mass is 9.63. The molecule has 2 nitrogen and oxygen atoms in total. The van der Waals surface area contributed by atoms with Crippen molar-refractivity contribution in [3.63, 3.8) is 0 Å². The van der Waals surface area contributed by atoms with Crippen LogP contribution in [0.5, 0.6) is 0 Å². The molecule has 1 N–H and O–H groups in total. The van der Waals surface area contributed by atoms with Gasteiger partial charge in [0.05, 0.1) is 12.2 Å². The smallest absolute Gasteiger partial charge is 0.110 e. The van der Waals surface area contributed by atoms with Gasteiger partial charge in [-0.2, -0.15) is 0 Å². The first kappa shape index (κ1) is 9.17. The lowest BCUT2D eigenvalue weighted by Gasteiger charge is -2.44. The van der Waals surface area contributed by atoms with Gasteiger partial charge < -0.3 is 9.84 Å². The molecule has 2 aliphatic carbocycles. The molecule has 14 heavy (non-hydrogen) atoms. The van der Waals surface area contributed by atoms with Crippen molar-refractivity contribution >= 4 is 0 Å². The maximum Gasteiger partial charge on any atom is 0.110 e. The summed E-state index contributed by atoms with van der Waals surface area (Å²) >= 11 is 0. The van der Waals surface area contributed by atoms with Gasteiger partial charge in [-0.15, -0.1) is 0 Å². The van der Waals surface area contributed by atoms with Gasteiger partial charge in [-0.25, -0.2) is 0 Å². The van der Waals surface area contributed by atoms with Crippen molar-refractivity contribution < 1.29 is 9.84 Å². The summed E-state index contributed by atoms with van der Waals surface area (Å²) in [4.78, 5) is 0. The molecule has 2 heteroatoms. The van der Waals surface area contributed by atoms with E-state index in [0.29, 0.717) is 5.92 Å². The third kappa shape index (κ3) is 0.737. The van der Waals surface area contributed by atoms with Crippen LogP contribution in [-0.4, -0.2) is 23.4 Å². The Hall–Kier alpha value is -0.0800. The number of rotatable bonds is 1. The summed E-state index contributed by atoms with van der Waals surface area (Å²) in [5, 5.41) is 10.8. The molecule has 2 saturated carbocycles. The summed E-state index contributed by atoms with van der Waals surface area (Å²) in [7, 11) is 0. The van der Waals surface area contributed by atoms with Gasteiger partial charge in [0.15, 0.2) is 0 Å². The number of hydrogen-bond acceptors (Lipinski definition) is 2. The maximum atomic E-state index is 10.8. The van der Waals surface area contributed by atoms with Crippen LogP contribution in [0.1, 0.15) is 40.0 Å². The minimum atomic E-state index is -0.528. The van der Waals surface area contributed by atoms with Crippen molar-refractivity contribution in [1.82, 2.24) is 0 Å². The average molecular weight is 196 g/mol. The van der Waals surface area contributed by atoms with Gasteiger partial charge in [-0.1, -0.05) is 20.8 Å². The molecule has 0 aromatic rings. The molecule has 3 fully saturated rings. The van der Waals surface area contributed by atoms with E-state index in [1.807, 2.05) is 0 Å². The van der Waals surface area contributed by atoms with Crippen LogP contribution in [-0.2, 0) is 4.74 Å². The molecular formula is C12H20O2. The molecular weight excluding hydrogens is 176 g/mol. The lowest BCUT2D eigenvalue weighted by molar-refractivity contribution is -0.105. The first-order valence-electron chi connectivity index (χ1n) is 5.76. The molecule has 0 aromatic carbocycles. The van der Waals surface area contributed by atoms with Crippen molar-refractivity contribution in [2.75, 3.05) is 6.61 Å². The summed E-state index contributed by atoms with van der Waals surface area (Å²) in [6, 6.07) is 0. The molecule has 1 heterocycles. The molecule has 0 spiro atoms. The second kappa shape index (κ2) is 2.19. The fraction of sp³-hybridized carbons (Fsp3) is 1.00. The van der Waals surface area contributed by atoms with Gasteiger partial charge in [-0.05, 0) is 30.6 Å². The van der Waals surface area contributed by atoms with Crippen LogP contribution in [0.15, 0.2) is 0 Å². The first-order chi connectivity index (χ1) is 6.42. The van der Waals surface area contributed by atoms with Crippen LogP contribution < -0.4 is 0 Å². The quantitative estimate of drug-likeness (QED) is 0.650. The zero-order valence-corrected chi connectivity index (χ0v) is 9.34. The number of fused-ring (bicyclic) bond motifs is 2. The maximum absolute atomic E-state index is 10.8. The number of aliphatic hydroxyl groups is 1. The van der Waals surface area contributed by atoms with Crippen LogP contribution in [0.3, 0.4) is 0 Å². The Morgan fingerprint density at radius 3 is 2.29 bits per heavy atom. The van der Waals surface area contributed by atoms with Crippen LogP contribution in [0, 0.1) is 16.7 Å². The number of hydrogen-bond donors (Lipinski definition) is 1. The normalized spacial score (nSPS) is 59.1. The highest BCUT2D eigenvalue weighted by Crippen LogP contribution is 2.71. The summed E-state index contributed by atoms with van der Waals surface area (Å²) < 4.78 is 5.36. The van der Waals surface area contributed by atoms with Crippen molar-refractivity contribution in [2.24, 2.45) is 16.7 Å². The molecule has 80 valence electrons. The van der Waals surface area contributed by atoms with Gasteiger partial charge in [0.25, 0.3) is 0 Å². The SMILES string of the molecule is CC1(C)[C@@H]2CC[C@@]1(C)[C@@](O)([C@H]1CO1)C2. The molecule has 0 unspecified atom stereocenters. The molecule has 0 amide bonds. The Kier molecular flexibility index (Phi) is 1.44. The van der Waals surface area contributed by atoms with E-state index in [4.69, 9.17) is 4.74 Å². The topological polar surface area (TPSA) is 32.8 Å². The number of epoxide rings is 1. The minimum Gasteiger partial charge on any atom is -0.386 e. The Morgan fingerprint density at radius 1 is 1.29 bits per heavy atom. The average Bonchev–Trinajstić information content (AvgIpc) is 2.87. The molecule has 4 atom stereocenters. The van der Waals surface area contributed by atoms with E-state index in [-0.39, 0.29) is 16.9 Å². The Balaban J connectivity index is 2.06. The Morgan fingerprint density at radius 2 is 1.93 bits per heavy atom. The minimum absolute atomic E-state index is 0.0752. The van der Waals surface area contributed by atoms with E-state index in [1.54, 1.807) is 0 Å². The van der Waals surface area contributed by atoms with E-state index >= 15 is 0 Å². The summed E-state index contributed by atoms with van der Waals surface area (Å²) in [5.41, 5.74) is -0.168. The molecule has 2 bridgehead atoms. The molecule has 3 rings (SSSR count). The third-order valence-electron chi connectivity index (χ3n) is 5.81. The van der Waals surface area contributed by atoms with Crippen LogP contribution in [0.25, 0.3) is 0 Å². The molecule has 0 aromatic heterocycles. The van der Waals surface area contributed by atoms with Crippen LogP contribution >= 0.6 is 0 Å². The predicted molar refractivity (Wildman–Crippen MR) is 53.9 cm³/mol. The summed E-state index contributed by atoms with van der Waals surface area (Å²) in [5.74, 6) is 0.696. The molecule has 1 saturated heterocycles.